The molecule has 0 radical (unpaired) electrons. The van der Waals surface area contributed by atoms with Crippen LogP contribution in [-0.2, 0) is 11.2 Å². The Hall–Kier alpha value is -2.82. The molecule has 0 aromatic heterocycles. The number of aliphatic carboxylic acids is 1. The minimum atomic E-state index is -0.835. The molecule has 0 amide bonds. The maximum absolute atomic E-state index is 12.1. The lowest BCUT2D eigenvalue weighted by Gasteiger charge is -2.14. The highest BCUT2D eigenvalue weighted by Crippen LogP contribution is 2.37. The van der Waals surface area contributed by atoms with Crippen LogP contribution in [0.1, 0.15) is 35.2 Å². The van der Waals surface area contributed by atoms with Crippen LogP contribution in [0.2, 0.25) is 0 Å². The van der Waals surface area contributed by atoms with Gasteiger partial charge in [0.2, 0.25) is 0 Å². The van der Waals surface area contributed by atoms with E-state index in [9.17, 15) is 9.59 Å². The van der Waals surface area contributed by atoms with Gasteiger partial charge in [0.1, 0.15) is 11.5 Å². The van der Waals surface area contributed by atoms with Crippen molar-refractivity contribution in [2.24, 2.45) is 0 Å². The molecule has 0 spiro atoms. The van der Waals surface area contributed by atoms with Gasteiger partial charge in [-0.1, -0.05) is 12.1 Å². The van der Waals surface area contributed by atoms with E-state index in [1.807, 2.05) is 36.4 Å². The Morgan fingerprint density at radius 1 is 1.12 bits per heavy atom. The molecule has 0 atom stereocenters. The molecule has 0 saturated carbocycles. The van der Waals surface area contributed by atoms with Gasteiger partial charge in [0.15, 0.2) is 5.78 Å². The summed E-state index contributed by atoms with van der Waals surface area (Å²) >= 11 is 0. The van der Waals surface area contributed by atoms with Crippen LogP contribution in [-0.4, -0.2) is 30.6 Å². The molecular weight excluding hydrogens is 320 g/mol. The number of carbonyl (C=O) groups excluding carboxylic acids is 1. The summed E-state index contributed by atoms with van der Waals surface area (Å²) in [6, 6.07) is 11.4. The molecule has 2 aromatic carbocycles. The van der Waals surface area contributed by atoms with Crippen molar-refractivity contribution in [1.82, 2.24) is 0 Å². The minimum absolute atomic E-state index is 0.0707. The van der Waals surface area contributed by atoms with Gasteiger partial charge in [-0.15, -0.1) is 0 Å². The van der Waals surface area contributed by atoms with Crippen molar-refractivity contribution in [3.05, 3.63) is 47.5 Å². The highest BCUT2D eigenvalue weighted by molar-refractivity contribution is 6.02. The third-order valence-electron chi connectivity index (χ3n) is 4.32. The number of rotatable bonds is 7. The third-order valence-corrected chi connectivity index (χ3v) is 4.32. The van der Waals surface area contributed by atoms with E-state index in [0.717, 1.165) is 34.4 Å². The number of ketones is 1. The first kappa shape index (κ1) is 17.0. The lowest BCUT2D eigenvalue weighted by molar-refractivity contribution is -0.137. The van der Waals surface area contributed by atoms with Gasteiger partial charge < -0.3 is 14.6 Å². The van der Waals surface area contributed by atoms with Gasteiger partial charge in [-0.2, -0.15) is 0 Å². The maximum Gasteiger partial charge on any atom is 0.303 e. The van der Waals surface area contributed by atoms with E-state index in [4.69, 9.17) is 14.6 Å². The number of hydrogen-bond donors (Lipinski definition) is 1. The van der Waals surface area contributed by atoms with Crippen LogP contribution in [0.25, 0.3) is 11.1 Å². The molecule has 2 aromatic rings. The van der Waals surface area contributed by atoms with E-state index in [0.29, 0.717) is 25.2 Å². The van der Waals surface area contributed by atoms with Gasteiger partial charge in [-0.25, -0.2) is 0 Å². The zero-order valence-corrected chi connectivity index (χ0v) is 14.1. The van der Waals surface area contributed by atoms with Crippen molar-refractivity contribution in [2.45, 2.75) is 25.7 Å². The Balaban J connectivity index is 1.91. The van der Waals surface area contributed by atoms with Crippen molar-refractivity contribution >= 4 is 11.8 Å². The summed E-state index contributed by atoms with van der Waals surface area (Å²) in [5, 5.41) is 8.74. The monoisotopic (exact) mass is 340 g/mol. The summed E-state index contributed by atoms with van der Waals surface area (Å²) in [4.78, 5) is 22.7. The molecule has 3 rings (SSSR count). The van der Waals surface area contributed by atoms with Crippen LogP contribution in [0.5, 0.6) is 11.5 Å². The Bertz CT molecular complexity index is 792. The number of hydrogen-bond acceptors (Lipinski definition) is 4. The molecule has 0 heterocycles. The predicted molar refractivity (Wildman–Crippen MR) is 93.4 cm³/mol. The standard InChI is InChI=1S/C20H20O5/c1-24-15-7-4-13(5-8-15)17-12-16-14(6-9-18(16)21)11-19(17)25-10-2-3-20(22)23/h4-5,7-8,11-12H,2-3,6,9-10H2,1H3,(H,22,23). The van der Waals surface area contributed by atoms with Crippen LogP contribution in [0, 0.1) is 0 Å². The SMILES string of the molecule is COc1ccc(-c2cc3c(cc2OCCCC(=O)O)CCC3=O)cc1. The molecule has 0 bridgehead atoms. The highest BCUT2D eigenvalue weighted by atomic mass is 16.5. The van der Waals surface area contributed by atoms with Crippen LogP contribution < -0.4 is 9.47 Å². The topological polar surface area (TPSA) is 72.8 Å². The lowest BCUT2D eigenvalue weighted by Crippen LogP contribution is -2.04. The molecule has 1 N–H and O–H groups in total. The summed E-state index contributed by atoms with van der Waals surface area (Å²) in [6.45, 7) is 0.322. The van der Waals surface area contributed by atoms with Gasteiger partial charge >= 0.3 is 5.97 Å². The molecule has 5 heteroatoms. The second-order valence-corrected chi connectivity index (χ2v) is 6.00. The predicted octanol–water partition coefficient (Wildman–Crippen LogP) is 3.73. The summed E-state index contributed by atoms with van der Waals surface area (Å²) in [5.41, 5.74) is 3.52. The van der Waals surface area contributed by atoms with Crippen LogP contribution in [0.4, 0.5) is 0 Å². The first-order valence-electron chi connectivity index (χ1n) is 8.27. The van der Waals surface area contributed by atoms with Gasteiger partial charge in [0, 0.05) is 24.0 Å². The molecule has 5 nitrogen and oxygen atoms in total. The average molecular weight is 340 g/mol. The fraction of sp³-hybridized carbons (Fsp3) is 0.300. The van der Waals surface area contributed by atoms with Crippen molar-refractivity contribution in [3.8, 4) is 22.6 Å². The molecule has 0 unspecified atom stereocenters. The van der Waals surface area contributed by atoms with Gasteiger partial charge in [0.25, 0.3) is 0 Å². The summed E-state index contributed by atoms with van der Waals surface area (Å²) in [7, 11) is 1.61. The van der Waals surface area contributed by atoms with E-state index < -0.39 is 5.97 Å². The van der Waals surface area contributed by atoms with Crippen LogP contribution in [0.15, 0.2) is 36.4 Å². The van der Waals surface area contributed by atoms with Crippen molar-refractivity contribution < 1.29 is 24.2 Å². The fourth-order valence-corrected chi connectivity index (χ4v) is 2.99. The third kappa shape index (κ3) is 3.82. The molecule has 0 saturated heterocycles. The first-order valence-corrected chi connectivity index (χ1v) is 8.27. The molecule has 1 aliphatic rings. The van der Waals surface area contributed by atoms with Crippen molar-refractivity contribution in [2.75, 3.05) is 13.7 Å². The minimum Gasteiger partial charge on any atom is -0.497 e. The largest absolute Gasteiger partial charge is 0.497 e. The summed E-state index contributed by atoms with van der Waals surface area (Å²) < 4.78 is 11.0. The van der Waals surface area contributed by atoms with E-state index in [1.165, 1.54) is 0 Å². The van der Waals surface area contributed by atoms with Crippen molar-refractivity contribution in [3.63, 3.8) is 0 Å². The summed E-state index contributed by atoms with van der Waals surface area (Å²) in [6.07, 6.45) is 1.76. The number of benzene rings is 2. The zero-order chi connectivity index (χ0) is 17.8. The number of methoxy groups -OCH3 is 1. The Kier molecular flexibility index (Phi) is 5.03. The second-order valence-electron chi connectivity index (χ2n) is 6.00. The van der Waals surface area contributed by atoms with E-state index in [2.05, 4.69) is 0 Å². The number of ether oxygens (including phenoxy) is 2. The molecule has 130 valence electrons. The normalized spacial score (nSPS) is 12.8. The number of fused-ring (bicyclic) bond motifs is 1. The Labute approximate surface area is 146 Å². The quantitative estimate of drug-likeness (QED) is 0.778. The fourth-order valence-electron chi connectivity index (χ4n) is 2.99. The van der Waals surface area contributed by atoms with Gasteiger partial charge in [-0.05, 0) is 48.2 Å². The molecule has 0 aliphatic heterocycles. The second kappa shape index (κ2) is 7.38. The molecule has 0 fully saturated rings. The number of carbonyl (C=O) groups is 2. The number of carboxylic acid groups (broad SMARTS) is 1. The Morgan fingerprint density at radius 3 is 2.56 bits per heavy atom. The van der Waals surface area contributed by atoms with E-state index in [1.54, 1.807) is 7.11 Å². The van der Waals surface area contributed by atoms with Crippen LogP contribution in [0.3, 0.4) is 0 Å². The molecular formula is C20H20O5. The van der Waals surface area contributed by atoms with E-state index in [-0.39, 0.29) is 12.2 Å². The number of aryl methyl sites for hydroxylation is 1. The highest BCUT2D eigenvalue weighted by Gasteiger charge is 2.22. The van der Waals surface area contributed by atoms with Crippen LogP contribution >= 0.6 is 0 Å². The molecule has 1 aliphatic carbocycles. The van der Waals surface area contributed by atoms with E-state index >= 15 is 0 Å². The number of carboxylic acids is 1. The molecule has 25 heavy (non-hydrogen) atoms. The van der Waals surface area contributed by atoms with Gasteiger partial charge in [-0.3, -0.25) is 9.59 Å². The lowest BCUT2D eigenvalue weighted by atomic mass is 9.99. The Morgan fingerprint density at radius 2 is 1.88 bits per heavy atom. The number of Topliss-reactive ketones (excluding diaryl/α,β-unsaturated/α-hetero) is 1. The van der Waals surface area contributed by atoms with Gasteiger partial charge in [0.05, 0.1) is 13.7 Å². The smallest absolute Gasteiger partial charge is 0.303 e. The summed E-state index contributed by atoms with van der Waals surface area (Å²) in [5.74, 6) is 0.759. The van der Waals surface area contributed by atoms with Crippen molar-refractivity contribution in [1.29, 1.82) is 0 Å². The maximum atomic E-state index is 12.1. The zero-order valence-electron chi connectivity index (χ0n) is 14.1. The first-order chi connectivity index (χ1) is 12.1. The average Bonchev–Trinajstić information content (AvgIpc) is 2.98.